The Morgan fingerprint density at radius 1 is 1.02 bits per heavy atom. The number of aliphatic hydroxyl groups excluding tert-OH is 3. The van der Waals surface area contributed by atoms with Gasteiger partial charge >= 0.3 is 12.1 Å². The summed E-state index contributed by atoms with van der Waals surface area (Å²) in [4.78, 5) is 25.5. The lowest BCUT2D eigenvalue weighted by atomic mass is 9.66. The van der Waals surface area contributed by atoms with Crippen LogP contribution in [0.25, 0.3) is 0 Å². The molecule has 4 heterocycles. The van der Waals surface area contributed by atoms with Crippen molar-refractivity contribution >= 4 is 17.7 Å². The summed E-state index contributed by atoms with van der Waals surface area (Å²) in [6.45, 7) is 5.45. The number of methoxy groups -OCH3 is 1. The molecule has 0 bridgehead atoms. The standard InChI is InChI=1S/C41H47NO14/c1-19(2)54-41(47)42-25-7-5-21(6-8-25)15-50-37-23(14-43)9-22(11-30(37)48-4)33-27-12-31-38(53-18-52-31)28(26(27)10-24-16-51-40(46)34(24)33)13-29-35(44)36(45)39-32(56-29)17-49-20(3)55-39/h5-9,11-12,19-20,24,29,32-36,39,43-45H,10,13-18H2,1-4H3,(H,42,47)/t20?,24-,29-,32+,33+,34?,35-,36+,39+/m0/s1. The van der Waals surface area contributed by atoms with Crippen molar-refractivity contribution in [1.29, 1.82) is 0 Å². The highest BCUT2D eigenvalue weighted by atomic mass is 16.7. The lowest BCUT2D eigenvalue weighted by molar-refractivity contribution is -0.320. The van der Waals surface area contributed by atoms with Crippen LogP contribution >= 0.6 is 0 Å². The maximum absolute atomic E-state index is 13.5. The van der Waals surface area contributed by atoms with Crippen molar-refractivity contribution in [3.8, 4) is 23.0 Å². The summed E-state index contributed by atoms with van der Waals surface area (Å²) >= 11 is 0. The lowest BCUT2D eigenvalue weighted by Crippen LogP contribution is -2.62. The predicted molar refractivity (Wildman–Crippen MR) is 196 cm³/mol. The first-order chi connectivity index (χ1) is 27.0. The molecular weight excluding hydrogens is 730 g/mol. The molecule has 15 nitrogen and oxygen atoms in total. The Morgan fingerprint density at radius 2 is 1.82 bits per heavy atom. The van der Waals surface area contributed by atoms with Crippen LogP contribution in [0.15, 0.2) is 42.5 Å². The maximum Gasteiger partial charge on any atom is 0.411 e. The SMILES string of the molecule is COc1cc([C@@H]2c3cc4c(c(C[C@@H]5O[C@@H]6COC(C)O[C@H]6[C@H](O)[C@H]5O)c3C[C@H]3COC(=O)C32)OCO4)cc(CO)c1OCc1ccc(NC(=O)OC(C)C)cc1. The highest BCUT2D eigenvalue weighted by molar-refractivity contribution is 5.84. The van der Waals surface area contributed by atoms with Gasteiger partial charge in [-0.25, -0.2) is 4.79 Å². The number of aliphatic hydroxyl groups is 3. The zero-order valence-corrected chi connectivity index (χ0v) is 31.6. The Kier molecular flexibility index (Phi) is 10.7. The number of fused-ring (bicyclic) bond motifs is 4. The van der Waals surface area contributed by atoms with Gasteiger partial charge in [-0.1, -0.05) is 12.1 Å². The molecule has 3 saturated heterocycles. The predicted octanol–water partition coefficient (Wildman–Crippen LogP) is 3.72. The molecule has 1 aliphatic carbocycles. The van der Waals surface area contributed by atoms with Gasteiger partial charge in [-0.05, 0) is 79.8 Å². The third-order valence-electron chi connectivity index (χ3n) is 11.2. The van der Waals surface area contributed by atoms with Crippen LogP contribution in [-0.4, -0.2) is 97.4 Å². The van der Waals surface area contributed by atoms with Crippen LogP contribution in [0.1, 0.15) is 60.1 Å². The van der Waals surface area contributed by atoms with Crippen molar-refractivity contribution in [3.05, 3.63) is 75.8 Å². The molecule has 3 aromatic carbocycles. The maximum atomic E-state index is 13.5. The first-order valence-corrected chi connectivity index (χ1v) is 18.9. The number of nitrogens with one attached hydrogen (secondary N) is 1. The minimum atomic E-state index is -1.26. The molecule has 9 atom stereocenters. The van der Waals surface area contributed by atoms with E-state index in [1.165, 1.54) is 7.11 Å². The molecule has 4 aliphatic heterocycles. The molecule has 5 aliphatic rings. The molecule has 0 radical (unpaired) electrons. The van der Waals surface area contributed by atoms with Gasteiger partial charge < -0.3 is 58.0 Å². The van der Waals surface area contributed by atoms with E-state index in [0.717, 1.165) is 22.3 Å². The molecule has 300 valence electrons. The molecule has 2 unspecified atom stereocenters. The Morgan fingerprint density at radius 3 is 2.57 bits per heavy atom. The second-order valence-electron chi connectivity index (χ2n) is 15.1. The van der Waals surface area contributed by atoms with E-state index in [1.54, 1.807) is 32.9 Å². The van der Waals surface area contributed by atoms with Gasteiger partial charge in [0.1, 0.15) is 31.0 Å². The largest absolute Gasteiger partial charge is 0.493 e. The highest BCUT2D eigenvalue weighted by Crippen LogP contribution is 2.54. The third kappa shape index (κ3) is 7.23. The number of rotatable bonds is 10. The van der Waals surface area contributed by atoms with E-state index < -0.39 is 54.7 Å². The Hall–Kier alpha value is -4.64. The van der Waals surface area contributed by atoms with Crippen molar-refractivity contribution in [2.45, 2.75) is 95.7 Å². The van der Waals surface area contributed by atoms with Crippen LogP contribution in [0, 0.1) is 11.8 Å². The van der Waals surface area contributed by atoms with Crippen LogP contribution in [0.3, 0.4) is 0 Å². The van der Waals surface area contributed by atoms with Gasteiger partial charge in [0.05, 0.1) is 45.1 Å². The van der Waals surface area contributed by atoms with Gasteiger partial charge in [0.15, 0.2) is 29.3 Å². The topological polar surface area (TPSA) is 190 Å². The molecule has 1 amide bonds. The zero-order chi connectivity index (χ0) is 39.2. The average Bonchev–Trinajstić information content (AvgIpc) is 3.81. The summed E-state index contributed by atoms with van der Waals surface area (Å²) < 4.78 is 52.6. The second-order valence-corrected chi connectivity index (χ2v) is 15.1. The van der Waals surface area contributed by atoms with E-state index in [-0.39, 0.29) is 57.6 Å². The molecule has 8 rings (SSSR count). The summed E-state index contributed by atoms with van der Waals surface area (Å²) in [7, 11) is 1.51. The normalized spacial score (nSPS) is 28.9. The van der Waals surface area contributed by atoms with Crippen LogP contribution in [0.2, 0.25) is 0 Å². The van der Waals surface area contributed by atoms with Crippen molar-refractivity contribution in [1.82, 2.24) is 0 Å². The van der Waals surface area contributed by atoms with Gasteiger partial charge in [0.25, 0.3) is 0 Å². The number of esters is 1. The quantitative estimate of drug-likeness (QED) is 0.218. The van der Waals surface area contributed by atoms with Gasteiger partial charge in [-0.3, -0.25) is 10.1 Å². The van der Waals surface area contributed by atoms with E-state index in [2.05, 4.69) is 5.32 Å². The summed E-state index contributed by atoms with van der Waals surface area (Å²) in [5.74, 6) is 0.153. The van der Waals surface area contributed by atoms with E-state index in [0.29, 0.717) is 46.2 Å². The minimum absolute atomic E-state index is 0.00973. The molecule has 0 aromatic heterocycles. The second kappa shape index (κ2) is 15.7. The summed E-state index contributed by atoms with van der Waals surface area (Å²) in [6, 6.07) is 12.6. The van der Waals surface area contributed by atoms with E-state index in [4.69, 9.17) is 42.6 Å². The molecule has 0 saturated carbocycles. The average molecular weight is 778 g/mol. The van der Waals surface area contributed by atoms with Crippen LogP contribution in [0.5, 0.6) is 23.0 Å². The first-order valence-electron chi connectivity index (χ1n) is 18.9. The summed E-state index contributed by atoms with van der Waals surface area (Å²) in [6.07, 6.45) is -5.26. The van der Waals surface area contributed by atoms with Gasteiger partial charge in [0, 0.05) is 35.1 Å². The van der Waals surface area contributed by atoms with Crippen molar-refractivity contribution < 1.29 is 67.5 Å². The number of hydrogen-bond donors (Lipinski definition) is 4. The van der Waals surface area contributed by atoms with E-state index >= 15 is 0 Å². The molecular formula is C41H47NO14. The number of carbonyl (C=O) groups excluding carboxylic acids is 2. The lowest BCUT2D eigenvalue weighted by Gasteiger charge is -2.46. The summed E-state index contributed by atoms with van der Waals surface area (Å²) in [5, 5.41) is 35.8. The third-order valence-corrected chi connectivity index (χ3v) is 11.2. The van der Waals surface area contributed by atoms with Crippen molar-refractivity contribution in [2.75, 3.05) is 32.4 Å². The fourth-order valence-corrected chi connectivity index (χ4v) is 8.60. The zero-order valence-electron chi connectivity index (χ0n) is 31.6. The molecule has 3 fully saturated rings. The van der Waals surface area contributed by atoms with Crippen molar-refractivity contribution in [3.63, 3.8) is 0 Å². The van der Waals surface area contributed by atoms with Crippen LogP contribution in [-0.2, 0) is 54.5 Å². The fourth-order valence-electron chi connectivity index (χ4n) is 8.60. The molecule has 4 N–H and O–H groups in total. The Balaban J connectivity index is 1.11. The van der Waals surface area contributed by atoms with Gasteiger partial charge in [-0.15, -0.1) is 0 Å². The fraction of sp³-hybridized carbons (Fsp3) is 0.512. The number of amides is 1. The minimum Gasteiger partial charge on any atom is -0.493 e. The Labute approximate surface area is 323 Å². The summed E-state index contributed by atoms with van der Waals surface area (Å²) in [5.41, 5.74) is 5.02. The van der Waals surface area contributed by atoms with Crippen LogP contribution in [0.4, 0.5) is 10.5 Å². The van der Waals surface area contributed by atoms with Crippen molar-refractivity contribution in [2.24, 2.45) is 11.8 Å². The molecule has 56 heavy (non-hydrogen) atoms. The van der Waals surface area contributed by atoms with Gasteiger partial charge in [-0.2, -0.15) is 0 Å². The molecule has 3 aromatic rings. The molecule has 15 heteroatoms. The van der Waals surface area contributed by atoms with Gasteiger partial charge in [0.2, 0.25) is 6.79 Å². The number of cyclic esters (lactones) is 1. The monoisotopic (exact) mass is 777 g/mol. The molecule has 0 spiro atoms. The number of hydrogen-bond acceptors (Lipinski definition) is 14. The van der Waals surface area contributed by atoms with E-state index in [9.17, 15) is 24.9 Å². The first kappa shape index (κ1) is 38.2. The highest BCUT2D eigenvalue weighted by Gasteiger charge is 2.51. The van der Waals surface area contributed by atoms with E-state index in [1.807, 2.05) is 30.3 Å². The number of anilines is 1. The number of benzene rings is 3. The number of ether oxygens (including phenoxy) is 9. The smallest absolute Gasteiger partial charge is 0.411 e. The number of carbonyl (C=O) groups is 2. The van der Waals surface area contributed by atoms with Crippen LogP contribution < -0.4 is 24.3 Å². The Bertz CT molecular complexity index is 1920.